The lowest BCUT2D eigenvalue weighted by Crippen LogP contribution is -2.24. The molecule has 1 amide bonds. The second-order valence-electron chi connectivity index (χ2n) is 5.36. The van der Waals surface area contributed by atoms with Gasteiger partial charge >= 0.3 is 6.61 Å². The molecular formula is C18H16F2N2O4. The summed E-state index contributed by atoms with van der Waals surface area (Å²) < 4.78 is 28.5. The number of hydrogen-bond acceptors (Lipinski definition) is 4. The number of amides is 1. The molecule has 0 aliphatic carbocycles. The van der Waals surface area contributed by atoms with Gasteiger partial charge in [0.25, 0.3) is 5.69 Å². The summed E-state index contributed by atoms with van der Waals surface area (Å²) in [7, 11) is 0. The van der Waals surface area contributed by atoms with Gasteiger partial charge in [-0.05, 0) is 36.3 Å². The monoisotopic (exact) mass is 362 g/mol. The molecule has 0 saturated heterocycles. The number of nitrogens with zero attached hydrogens (tertiary/aromatic N) is 1. The first kappa shape index (κ1) is 19.0. The Kier molecular flexibility index (Phi) is 6.37. The zero-order chi connectivity index (χ0) is 19.1. The Morgan fingerprint density at radius 1 is 1.23 bits per heavy atom. The van der Waals surface area contributed by atoms with Crippen LogP contribution in [0.25, 0.3) is 6.08 Å². The van der Waals surface area contributed by atoms with Gasteiger partial charge in [0.05, 0.1) is 11.0 Å². The molecule has 0 aliphatic rings. The summed E-state index contributed by atoms with van der Waals surface area (Å²) >= 11 is 0. The van der Waals surface area contributed by atoms with Gasteiger partial charge in [-0.25, -0.2) is 0 Å². The molecule has 2 aromatic carbocycles. The fraction of sp³-hybridized carbons (Fsp3) is 0.167. The lowest BCUT2D eigenvalue weighted by atomic mass is 10.1. The van der Waals surface area contributed by atoms with E-state index in [1.165, 1.54) is 42.5 Å². The van der Waals surface area contributed by atoms with Crippen molar-refractivity contribution in [2.75, 3.05) is 0 Å². The summed E-state index contributed by atoms with van der Waals surface area (Å²) in [5.74, 6) is -0.357. The van der Waals surface area contributed by atoms with Crippen molar-refractivity contribution in [1.29, 1.82) is 0 Å². The minimum absolute atomic E-state index is 0.0350. The van der Waals surface area contributed by atoms with Crippen LogP contribution in [-0.4, -0.2) is 17.4 Å². The molecule has 0 aromatic heterocycles. The predicted octanol–water partition coefficient (Wildman–Crippen LogP) is 4.09. The number of benzene rings is 2. The van der Waals surface area contributed by atoms with E-state index >= 15 is 0 Å². The number of carbonyl (C=O) groups is 1. The summed E-state index contributed by atoms with van der Waals surface area (Å²) in [6.45, 7) is -1.15. The van der Waals surface area contributed by atoms with E-state index in [1.807, 2.05) is 0 Å². The standard InChI is InChI=1S/C18H16F2N2O4/c1-12(14-6-8-16(9-7-14)26-18(19)20)21-17(23)10-5-13-3-2-4-15(11-13)22(24)25/h2-12,18H,1H3,(H,21,23)/b10-5+/t12-/m1/s1. The lowest BCUT2D eigenvalue weighted by Gasteiger charge is -2.13. The van der Waals surface area contributed by atoms with Gasteiger partial charge in [-0.3, -0.25) is 14.9 Å². The third-order valence-electron chi connectivity index (χ3n) is 3.47. The highest BCUT2D eigenvalue weighted by Gasteiger charge is 2.10. The van der Waals surface area contributed by atoms with Gasteiger partial charge in [-0.2, -0.15) is 8.78 Å². The number of nitro benzene ring substituents is 1. The number of alkyl halides is 2. The first-order valence-corrected chi connectivity index (χ1v) is 7.63. The summed E-state index contributed by atoms with van der Waals surface area (Å²) in [5.41, 5.74) is 1.17. The van der Waals surface area contributed by atoms with Gasteiger partial charge in [-0.15, -0.1) is 0 Å². The lowest BCUT2D eigenvalue weighted by molar-refractivity contribution is -0.384. The Labute approximate surface area is 148 Å². The van der Waals surface area contributed by atoms with E-state index in [1.54, 1.807) is 25.1 Å². The van der Waals surface area contributed by atoms with Gasteiger partial charge < -0.3 is 10.1 Å². The van der Waals surface area contributed by atoms with E-state index in [0.717, 1.165) is 0 Å². The Hall–Kier alpha value is -3.29. The normalized spacial score (nSPS) is 12.2. The highest BCUT2D eigenvalue weighted by atomic mass is 19.3. The van der Waals surface area contributed by atoms with Crippen LogP contribution in [0.1, 0.15) is 24.1 Å². The van der Waals surface area contributed by atoms with E-state index < -0.39 is 17.4 Å². The Bertz CT molecular complexity index is 807. The highest BCUT2D eigenvalue weighted by Crippen LogP contribution is 2.19. The average molecular weight is 362 g/mol. The van der Waals surface area contributed by atoms with Gasteiger partial charge in [0.1, 0.15) is 5.75 Å². The molecule has 0 bridgehead atoms. The number of non-ortho nitro benzene ring substituents is 1. The minimum Gasteiger partial charge on any atom is -0.435 e. The van der Waals surface area contributed by atoms with E-state index in [0.29, 0.717) is 11.1 Å². The molecule has 0 heterocycles. The molecule has 2 rings (SSSR count). The number of nitro groups is 1. The van der Waals surface area contributed by atoms with Crippen molar-refractivity contribution >= 4 is 17.7 Å². The molecule has 136 valence electrons. The number of hydrogen-bond donors (Lipinski definition) is 1. The number of nitrogens with one attached hydrogen (secondary N) is 1. The number of rotatable bonds is 7. The second-order valence-corrected chi connectivity index (χ2v) is 5.36. The van der Waals surface area contributed by atoms with Crippen LogP contribution in [0.3, 0.4) is 0 Å². The summed E-state index contributed by atoms with van der Waals surface area (Å²) in [6.07, 6.45) is 2.73. The van der Waals surface area contributed by atoms with Gasteiger partial charge in [0, 0.05) is 18.2 Å². The van der Waals surface area contributed by atoms with Crippen molar-refractivity contribution in [3.8, 4) is 5.75 Å². The van der Waals surface area contributed by atoms with Crippen LogP contribution in [0.5, 0.6) is 5.75 Å². The second kappa shape index (κ2) is 8.70. The highest BCUT2D eigenvalue weighted by molar-refractivity contribution is 5.92. The molecule has 0 saturated carbocycles. The van der Waals surface area contributed by atoms with Gasteiger partial charge in [0.15, 0.2) is 0 Å². The molecule has 8 heteroatoms. The zero-order valence-corrected chi connectivity index (χ0v) is 13.8. The minimum atomic E-state index is -2.89. The van der Waals surface area contributed by atoms with Crippen LogP contribution in [-0.2, 0) is 4.79 Å². The maximum atomic E-state index is 12.1. The van der Waals surface area contributed by atoms with Crippen LogP contribution < -0.4 is 10.1 Å². The maximum absolute atomic E-state index is 12.1. The first-order valence-electron chi connectivity index (χ1n) is 7.63. The Balaban J connectivity index is 1.96. The van der Waals surface area contributed by atoms with Crippen LogP contribution >= 0.6 is 0 Å². The molecule has 0 spiro atoms. The molecule has 26 heavy (non-hydrogen) atoms. The summed E-state index contributed by atoms with van der Waals surface area (Å²) in [6, 6.07) is 11.5. The molecule has 0 unspecified atom stereocenters. The number of ether oxygens (including phenoxy) is 1. The Morgan fingerprint density at radius 3 is 2.54 bits per heavy atom. The van der Waals surface area contributed by atoms with Gasteiger partial charge in [0.2, 0.25) is 5.91 Å². The fourth-order valence-electron chi connectivity index (χ4n) is 2.20. The van der Waals surface area contributed by atoms with Crippen molar-refractivity contribution in [2.45, 2.75) is 19.6 Å². The van der Waals surface area contributed by atoms with E-state index in [4.69, 9.17) is 0 Å². The molecule has 0 aliphatic heterocycles. The summed E-state index contributed by atoms with van der Waals surface area (Å²) in [5, 5.41) is 13.4. The third-order valence-corrected chi connectivity index (χ3v) is 3.47. The quantitative estimate of drug-likeness (QED) is 0.457. The molecule has 6 nitrogen and oxygen atoms in total. The summed E-state index contributed by atoms with van der Waals surface area (Å²) in [4.78, 5) is 22.2. The topological polar surface area (TPSA) is 81.5 Å². The molecular weight excluding hydrogens is 346 g/mol. The molecule has 2 aromatic rings. The molecule has 1 atom stereocenters. The Morgan fingerprint density at radius 2 is 1.92 bits per heavy atom. The van der Waals surface area contributed by atoms with Crippen molar-refractivity contribution in [2.24, 2.45) is 0 Å². The molecule has 0 radical (unpaired) electrons. The average Bonchev–Trinajstić information content (AvgIpc) is 2.60. The van der Waals surface area contributed by atoms with E-state index in [-0.39, 0.29) is 17.5 Å². The number of carbonyl (C=O) groups excluding carboxylic acids is 1. The zero-order valence-electron chi connectivity index (χ0n) is 13.8. The van der Waals surface area contributed by atoms with Crippen molar-refractivity contribution < 1.29 is 23.2 Å². The van der Waals surface area contributed by atoms with Crippen molar-refractivity contribution in [1.82, 2.24) is 5.32 Å². The number of halogens is 2. The van der Waals surface area contributed by atoms with Crippen LogP contribution in [0, 0.1) is 10.1 Å². The van der Waals surface area contributed by atoms with Crippen molar-refractivity contribution in [3.63, 3.8) is 0 Å². The molecule has 1 N–H and O–H groups in total. The first-order chi connectivity index (χ1) is 12.3. The molecule has 0 fully saturated rings. The fourth-order valence-corrected chi connectivity index (χ4v) is 2.20. The third kappa shape index (κ3) is 5.66. The SMILES string of the molecule is C[C@@H](NC(=O)/C=C/c1cccc([N+](=O)[O-])c1)c1ccc(OC(F)F)cc1. The van der Waals surface area contributed by atoms with Crippen LogP contribution in [0.2, 0.25) is 0 Å². The smallest absolute Gasteiger partial charge is 0.387 e. The maximum Gasteiger partial charge on any atom is 0.387 e. The van der Waals surface area contributed by atoms with E-state index in [2.05, 4.69) is 10.1 Å². The largest absolute Gasteiger partial charge is 0.435 e. The van der Waals surface area contributed by atoms with E-state index in [9.17, 15) is 23.7 Å². The van der Waals surface area contributed by atoms with Crippen molar-refractivity contribution in [3.05, 3.63) is 75.8 Å². The van der Waals surface area contributed by atoms with Gasteiger partial charge in [-0.1, -0.05) is 24.3 Å². The predicted molar refractivity (Wildman–Crippen MR) is 91.8 cm³/mol. The van der Waals surface area contributed by atoms with Crippen LogP contribution in [0.15, 0.2) is 54.6 Å². The van der Waals surface area contributed by atoms with Crippen LogP contribution in [0.4, 0.5) is 14.5 Å².